The van der Waals surface area contributed by atoms with Crippen molar-refractivity contribution in [2.24, 2.45) is 0 Å². The fraction of sp³-hybridized carbons (Fsp3) is 0.286. The van der Waals surface area contributed by atoms with E-state index in [-0.39, 0.29) is 0 Å². The van der Waals surface area contributed by atoms with Crippen LogP contribution in [0.3, 0.4) is 0 Å². The van der Waals surface area contributed by atoms with E-state index < -0.39 is 0 Å². The SMILES string of the molecule is Cc1ccc(C)c(-c2nc(C)nc(N)c2C)c1. The van der Waals surface area contributed by atoms with Crippen LogP contribution in [0.15, 0.2) is 18.2 Å². The molecule has 1 aromatic carbocycles. The lowest BCUT2D eigenvalue weighted by Gasteiger charge is -2.11. The van der Waals surface area contributed by atoms with Gasteiger partial charge in [0.15, 0.2) is 0 Å². The van der Waals surface area contributed by atoms with Crippen LogP contribution in [0.1, 0.15) is 22.5 Å². The first kappa shape index (κ1) is 11.6. The highest BCUT2D eigenvalue weighted by Gasteiger charge is 2.11. The summed E-state index contributed by atoms with van der Waals surface area (Å²) in [6.07, 6.45) is 0. The first-order valence-corrected chi connectivity index (χ1v) is 5.67. The highest BCUT2D eigenvalue weighted by Crippen LogP contribution is 2.27. The molecule has 3 nitrogen and oxygen atoms in total. The van der Waals surface area contributed by atoms with Gasteiger partial charge in [0.1, 0.15) is 11.6 Å². The van der Waals surface area contributed by atoms with Gasteiger partial charge in [0.2, 0.25) is 0 Å². The van der Waals surface area contributed by atoms with Crippen molar-refractivity contribution < 1.29 is 0 Å². The number of nitrogens with zero attached hydrogens (tertiary/aromatic N) is 2. The van der Waals surface area contributed by atoms with E-state index in [0.29, 0.717) is 11.6 Å². The van der Waals surface area contributed by atoms with Gasteiger partial charge in [-0.25, -0.2) is 9.97 Å². The predicted molar refractivity (Wildman–Crippen MR) is 70.8 cm³/mol. The molecule has 0 aliphatic heterocycles. The molecule has 0 aliphatic rings. The average molecular weight is 227 g/mol. The molecule has 0 bridgehead atoms. The maximum Gasteiger partial charge on any atom is 0.130 e. The molecule has 1 aromatic heterocycles. The standard InChI is InChI=1S/C14H17N3/c1-8-5-6-9(2)12(7-8)13-10(3)14(15)17-11(4)16-13/h5-7H,1-4H3,(H2,15,16,17). The van der Waals surface area contributed by atoms with Gasteiger partial charge < -0.3 is 5.73 Å². The molecule has 17 heavy (non-hydrogen) atoms. The zero-order chi connectivity index (χ0) is 12.6. The molecule has 0 saturated heterocycles. The Morgan fingerprint density at radius 2 is 1.71 bits per heavy atom. The molecule has 2 rings (SSSR count). The zero-order valence-corrected chi connectivity index (χ0v) is 10.7. The average Bonchev–Trinajstić information content (AvgIpc) is 2.27. The molecule has 1 heterocycles. The normalized spacial score (nSPS) is 10.6. The van der Waals surface area contributed by atoms with Crippen LogP contribution in [0.25, 0.3) is 11.3 Å². The minimum absolute atomic E-state index is 0.563. The molecule has 3 heteroatoms. The monoisotopic (exact) mass is 227 g/mol. The summed E-state index contributed by atoms with van der Waals surface area (Å²) >= 11 is 0. The van der Waals surface area contributed by atoms with E-state index in [1.54, 1.807) is 0 Å². The number of hydrogen-bond acceptors (Lipinski definition) is 3. The molecule has 0 fully saturated rings. The molecule has 2 N–H and O–H groups in total. The third kappa shape index (κ3) is 2.13. The summed E-state index contributed by atoms with van der Waals surface area (Å²) < 4.78 is 0. The number of hydrogen-bond donors (Lipinski definition) is 1. The Balaban J connectivity index is 2.72. The van der Waals surface area contributed by atoms with E-state index in [1.165, 1.54) is 11.1 Å². The molecule has 2 aromatic rings. The van der Waals surface area contributed by atoms with E-state index >= 15 is 0 Å². The van der Waals surface area contributed by atoms with E-state index in [0.717, 1.165) is 16.8 Å². The minimum atomic E-state index is 0.563. The van der Waals surface area contributed by atoms with Gasteiger partial charge in [-0.15, -0.1) is 0 Å². The molecule has 0 amide bonds. The van der Waals surface area contributed by atoms with Crippen molar-refractivity contribution in [1.29, 1.82) is 0 Å². The Morgan fingerprint density at radius 3 is 2.41 bits per heavy atom. The topological polar surface area (TPSA) is 51.8 Å². The predicted octanol–water partition coefficient (Wildman–Crippen LogP) is 2.96. The summed E-state index contributed by atoms with van der Waals surface area (Å²) in [5.41, 5.74) is 11.4. The smallest absolute Gasteiger partial charge is 0.130 e. The number of aryl methyl sites for hydroxylation is 3. The molecule has 0 saturated carbocycles. The van der Waals surface area contributed by atoms with E-state index in [1.807, 2.05) is 13.8 Å². The molecular formula is C14H17N3. The first-order chi connectivity index (χ1) is 7.99. The number of aromatic nitrogens is 2. The number of rotatable bonds is 1. The van der Waals surface area contributed by atoms with Crippen LogP contribution in [0.2, 0.25) is 0 Å². The van der Waals surface area contributed by atoms with Crippen molar-refractivity contribution in [3.05, 3.63) is 40.7 Å². The molecule has 0 unspecified atom stereocenters. The first-order valence-electron chi connectivity index (χ1n) is 5.67. The summed E-state index contributed by atoms with van der Waals surface area (Å²) in [5.74, 6) is 1.28. The quantitative estimate of drug-likeness (QED) is 0.814. The second kappa shape index (κ2) is 4.17. The maximum atomic E-state index is 5.90. The molecule has 0 aliphatic carbocycles. The number of nitrogens with two attached hydrogens (primary N) is 1. The summed E-state index contributed by atoms with van der Waals surface area (Å²) in [6, 6.07) is 6.35. The van der Waals surface area contributed by atoms with Crippen LogP contribution < -0.4 is 5.73 Å². The molecule has 0 atom stereocenters. The van der Waals surface area contributed by atoms with Gasteiger partial charge in [0.25, 0.3) is 0 Å². The second-order valence-corrected chi connectivity index (χ2v) is 4.45. The van der Waals surface area contributed by atoms with Crippen LogP contribution in [0.5, 0.6) is 0 Å². The lowest BCUT2D eigenvalue weighted by atomic mass is 10.00. The van der Waals surface area contributed by atoms with Crippen molar-refractivity contribution >= 4 is 5.82 Å². The number of nitrogen functional groups attached to an aromatic ring is 1. The lowest BCUT2D eigenvalue weighted by molar-refractivity contribution is 1.04. The van der Waals surface area contributed by atoms with Crippen molar-refractivity contribution in [3.8, 4) is 11.3 Å². The highest BCUT2D eigenvalue weighted by atomic mass is 14.9. The van der Waals surface area contributed by atoms with Gasteiger partial charge in [0.05, 0.1) is 5.69 Å². The molecule has 0 spiro atoms. The van der Waals surface area contributed by atoms with Gasteiger partial charge >= 0.3 is 0 Å². The van der Waals surface area contributed by atoms with Gasteiger partial charge in [0, 0.05) is 11.1 Å². The van der Waals surface area contributed by atoms with E-state index in [2.05, 4.69) is 42.0 Å². The van der Waals surface area contributed by atoms with Crippen molar-refractivity contribution in [2.45, 2.75) is 27.7 Å². The number of benzene rings is 1. The fourth-order valence-corrected chi connectivity index (χ4v) is 1.90. The Kier molecular flexibility index (Phi) is 2.84. The van der Waals surface area contributed by atoms with Crippen molar-refractivity contribution in [2.75, 3.05) is 5.73 Å². The van der Waals surface area contributed by atoms with E-state index in [4.69, 9.17) is 5.73 Å². The second-order valence-electron chi connectivity index (χ2n) is 4.45. The number of anilines is 1. The van der Waals surface area contributed by atoms with Crippen LogP contribution in [0, 0.1) is 27.7 Å². The van der Waals surface area contributed by atoms with Crippen LogP contribution >= 0.6 is 0 Å². The summed E-state index contributed by atoms with van der Waals surface area (Å²) in [7, 11) is 0. The highest BCUT2D eigenvalue weighted by molar-refractivity contribution is 5.70. The lowest BCUT2D eigenvalue weighted by Crippen LogP contribution is -2.02. The largest absolute Gasteiger partial charge is 0.383 e. The zero-order valence-electron chi connectivity index (χ0n) is 10.7. The fourth-order valence-electron chi connectivity index (χ4n) is 1.90. The van der Waals surface area contributed by atoms with Crippen LogP contribution in [-0.2, 0) is 0 Å². The Labute approximate surface area is 102 Å². The van der Waals surface area contributed by atoms with Crippen LogP contribution in [-0.4, -0.2) is 9.97 Å². The van der Waals surface area contributed by atoms with Crippen molar-refractivity contribution in [1.82, 2.24) is 9.97 Å². The maximum absolute atomic E-state index is 5.90. The third-order valence-electron chi connectivity index (χ3n) is 2.94. The summed E-state index contributed by atoms with van der Waals surface area (Å²) in [5, 5.41) is 0. The Bertz CT molecular complexity index is 574. The van der Waals surface area contributed by atoms with Gasteiger partial charge in [-0.3, -0.25) is 0 Å². The Hall–Kier alpha value is -1.90. The molecular weight excluding hydrogens is 210 g/mol. The molecule has 88 valence electrons. The summed E-state index contributed by atoms with van der Waals surface area (Å²) in [4.78, 5) is 8.69. The van der Waals surface area contributed by atoms with Gasteiger partial charge in [-0.1, -0.05) is 17.7 Å². The third-order valence-corrected chi connectivity index (χ3v) is 2.94. The van der Waals surface area contributed by atoms with Crippen LogP contribution in [0.4, 0.5) is 5.82 Å². The van der Waals surface area contributed by atoms with E-state index in [9.17, 15) is 0 Å². The molecule has 0 radical (unpaired) electrons. The van der Waals surface area contributed by atoms with Gasteiger partial charge in [-0.2, -0.15) is 0 Å². The Morgan fingerprint density at radius 1 is 1.00 bits per heavy atom. The van der Waals surface area contributed by atoms with Gasteiger partial charge in [-0.05, 0) is 39.3 Å². The minimum Gasteiger partial charge on any atom is -0.383 e. The summed E-state index contributed by atoms with van der Waals surface area (Å²) in [6.45, 7) is 7.99. The van der Waals surface area contributed by atoms with Crippen molar-refractivity contribution in [3.63, 3.8) is 0 Å².